The number of rotatable bonds is 7. The van der Waals surface area contributed by atoms with Crippen LogP contribution in [-0.2, 0) is 16.1 Å². The zero-order valence-electron chi connectivity index (χ0n) is 19.3. The molecule has 3 aromatic carbocycles. The Hall–Kier alpha value is -3.64. The lowest BCUT2D eigenvalue weighted by molar-refractivity contribution is -0.138. The van der Waals surface area contributed by atoms with Gasteiger partial charge in [0.15, 0.2) is 0 Å². The van der Waals surface area contributed by atoms with Gasteiger partial charge >= 0.3 is 6.09 Å². The predicted molar refractivity (Wildman–Crippen MR) is 131 cm³/mol. The maximum atomic E-state index is 13.2. The SMILES string of the molecule is C[C@H]([C@H](O)c1ccccc1)N1CC[C@H](N(C(=O)OCc2ccccc2)c2ccccc2)CC1=O. The fraction of sp³-hybridized carbons (Fsp3) is 0.286. The molecule has 3 atom stereocenters. The van der Waals surface area contributed by atoms with Crippen LogP contribution in [0.15, 0.2) is 91.0 Å². The smallest absolute Gasteiger partial charge is 0.414 e. The molecule has 1 heterocycles. The van der Waals surface area contributed by atoms with Gasteiger partial charge in [0.05, 0.1) is 18.2 Å². The Morgan fingerprint density at radius 2 is 1.59 bits per heavy atom. The van der Waals surface area contributed by atoms with Gasteiger partial charge in [-0.3, -0.25) is 9.69 Å². The molecule has 0 saturated carbocycles. The summed E-state index contributed by atoms with van der Waals surface area (Å²) in [7, 11) is 0. The Morgan fingerprint density at radius 3 is 2.21 bits per heavy atom. The summed E-state index contributed by atoms with van der Waals surface area (Å²) in [6, 6.07) is 27.5. The van der Waals surface area contributed by atoms with E-state index in [1.165, 1.54) is 0 Å². The highest BCUT2D eigenvalue weighted by Gasteiger charge is 2.37. The second-order valence-electron chi connectivity index (χ2n) is 8.58. The van der Waals surface area contributed by atoms with E-state index >= 15 is 0 Å². The molecule has 1 N–H and O–H groups in total. The van der Waals surface area contributed by atoms with E-state index in [0.717, 1.165) is 11.1 Å². The standard InChI is InChI=1S/C28H30N2O4/c1-21(27(32)23-13-7-3-8-14-23)29-18-17-25(19-26(29)31)30(24-15-9-4-10-16-24)28(33)34-20-22-11-5-2-6-12-22/h2-16,21,25,27,32H,17-20H2,1H3/t21-,25+,27+/m1/s1. The van der Waals surface area contributed by atoms with Crippen LogP contribution in [0, 0.1) is 0 Å². The summed E-state index contributed by atoms with van der Waals surface area (Å²) < 4.78 is 5.63. The molecule has 4 rings (SSSR count). The molecule has 0 spiro atoms. The van der Waals surface area contributed by atoms with Gasteiger partial charge in [0.1, 0.15) is 6.61 Å². The van der Waals surface area contributed by atoms with Crippen LogP contribution >= 0.6 is 0 Å². The van der Waals surface area contributed by atoms with Gasteiger partial charge < -0.3 is 14.7 Å². The summed E-state index contributed by atoms with van der Waals surface area (Å²) in [5, 5.41) is 10.8. The van der Waals surface area contributed by atoms with Gasteiger partial charge in [-0.25, -0.2) is 4.79 Å². The summed E-state index contributed by atoms with van der Waals surface area (Å²) >= 11 is 0. The molecule has 1 fully saturated rings. The van der Waals surface area contributed by atoms with Crippen molar-refractivity contribution in [2.45, 2.75) is 44.6 Å². The number of carbonyl (C=O) groups is 2. The fourth-order valence-corrected chi connectivity index (χ4v) is 4.43. The molecular weight excluding hydrogens is 428 g/mol. The Morgan fingerprint density at radius 1 is 1.00 bits per heavy atom. The minimum atomic E-state index is -0.775. The zero-order valence-corrected chi connectivity index (χ0v) is 19.3. The van der Waals surface area contributed by atoms with E-state index in [4.69, 9.17) is 4.74 Å². The number of benzene rings is 3. The summed E-state index contributed by atoms with van der Waals surface area (Å²) in [5.74, 6) is -0.0875. The van der Waals surface area contributed by atoms with Crippen molar-refractivity contribution in [2.24, 2.45) is 0 Å². The summed E-state index contributed by atoms with van der Waals surface area (Å²) in [6.45, 7) is 2.47. The van der Waals surface area contributed by atoms with Crippen molar-refractivity contribution >= 4 is 17.7 Å². The van der Waals surface area contributed by atoms with E-state index in [9.17, 15) is 14.7 Å². The molecule has 0 aliphatic carbocycles. The second-order valence-corrected chi connectivity index (χ2v) is 8.58. The van der Waals surface area contributed by atoms with Gasteiger partial charge in [-0.2, -0.15) is 0 Å². The van der Waals surface area contributed by atoms with Crippen LogP contribution in [0.4, 0.5) is 10.5 Å². The molecule has 1 aliphatic rings. The molecule has 0 aromatic heterocycles. The first kappa shape index (κ1) is 23.5. The fourth-order valence-electron chi connectivity index (χ4n) is 4.43. The Balaban J connectivity index is 1.46. The summed E-state index contributed by atoms with van der Waals surface area (Å²) in [6.07, 6.45) is -0.491. The monoisotopic (exact) mass is 458 g/mol. The van der Waals surface area contributed by atoms with Crippen molar-refractivity contribution in [1.29, 1.82) is 0 Å². The van der Waals surface area contributed by atoms with Crippen LogP contribution in [0.3, 0.4) is 0 Å². The van der Waals surface area contributed by atoms with Crippen molar-refractivity contribution in [1.82, 2.24) is 4.90 Å². The topological polar surface area (TPSA) is 70.1 Å². The average molecular weight is 459 g/mol. The lowest BCUT2D eigenvalue weighted by Crippen LogP contribution is -2.53. The number of aliphatic hydroxyl groups excluding tert-OH is 1. The van der Waals surface area contributed by atoms with Crippen LogP contribution in [0.5, 0.6) is 0 Å². The second kappa shape index (κ2) is 11.0. The highest BCUT2D eigenvalue weighted by molar-refractivity contribution is 5.90. The molecular formula is C28H30N2O4. The molecule has 3 aromatic rings. The molecule has 176 valence electrons. The maximum absolute atomic E-state index is 13.2. The highest BCUT2D eigenvalue weighted by atomic mass is 16.6. The largest absolute Gasteiger partial charge is 0.444 e. The number of hydrogen-bond acceptors (Lipinski definition) is 4. The first-order valence-electron chi connectivity index (χ1n) is 11.6. The third kappa shape index (κ3) is 5.46. The van der Waals surface area contributed by atoms with Crippen LogP contribution in [0.2, 0.25) is 0 Å². The van der Waals surface area contributed by atoms with Crippen molar-refractivity contribution in [3.8, 4) is 0 Å². The van der Waals surface area contributed by atoms with E-state index in [2.05, 4.69) is 0 Å². The van der Waals surface area contributed by atoms with Crippen molar-refractivity contribution in [2.75, 3.05) is 11.4 Å². The number of para-hydroxylation sites is 1. The number of piperidine rings is 1. The molecule has 6 nitrogen and oxygen atoms in total. The number of carbonyl (C=O) groups excluding carboxylic acids is 2. The Kier molecular flexibility index (Phi) is 7.60. The van der Waals surface area contributed by atoms with Crippen LogP contribution in [0.25, 0.3) is 0 Å². The van der Waals surface area contributed by atoms with Crippen molar-refractivity contribution in [3.63, 3.8) is 0 Å². The van der Waals surface area contributed by atoms with E-state index < -0.39 is 12.2 Å². The number of likely N-dealkylation sites (tertiary alicyclic amines) is 1. The first-order chi connectivity index (χ1) is 16.5. The summed E-state index contributed by atoms with van der Waals surface area (Å²) in [4.78, 5) is 29.6. The zero-order chi connectivity index (χ0) is 23.9. The number of aliphatic hydroxyl groups is 1. The molecule has 6 heteroatoms. The van der Waals surface area contributed by atoms with Gasteiger partial charge in [-0.15, -0.1) is 0 Å². The van der Waals surface area contributed by atoms with Gasteiger partial charge in [0, 0.05) is 18.7 Å². The Labute approximate surface area is 200 Å². The van der Waals surface area contributed by atoms with E-state index in [0.29, 0.717) is 18.7 Å². The lowest BCUT2D eigenvalue weighted by atomic mass is 9.96. The molecule has 1 aliphatic heterocycles. The highest BCUT2D eigenvalue weighted by Crippen LogP contribution is 2.29. The number of nitrogens with zero attached hydrogens (tertiary/aromatic N) is 2. The quantitative estimate of drug-likeness (QED) is 0.544. The number of amides is 2. The molecule has 2 amide bonds. The predicted octanol–water partition coefficient (Wildman–Crippen LogP) is 4.94. The number of anilines is 1. The Bertz CT molecular complexity index is 1080. The van der Waals surface area contributed by atoms with E-state index in [1.54, 1.807) is 9.80 Å². The lowest BCUT2D eigenvalue weighted by Gasteiger charge is -2.41. The van der Waals surface area contributed by atoms with Gasteiger partial charge in [0.2, 0.25) is 5.91 Å². The molecule has 0 radical (unpaired) electrons. The van der Waals surface area contributed by atoms with Gasteiger partial charge in [-0.05, 0) is 36.6 Å². The number of hydrogen-bond donors (Lipinski definition) is 1. The van der Waals surface area contributed by atoms with Gasteiger partial charge in [0.25, 0.3) is 0 Å². The van der Waals surface area contributed by atoms with Crippen LogP contribution in [-0.4, -0.2) is 40.6 Å². The molecule has 1 saturated heterocycles. The van der Waals surface area contributed by atoms with E-state index in [1.807, 2.05) is 97.9 Å². The minimum absolute atomic E-state index is 0.0875. The van der Waals surface area contributed by atoms with Crippen molar-refractivity contribution < 1.29 is 19.4 Å². The third-order valence-corrected chi connectivity index (χ3v) is 6.32. The molecule has 34 heavy (non-hydrogen) atoms. The molecule has 0 unspecified atom stereocenters. The van der Waals surface area contributed by atoms with Crippen LogP contribution in [0.1, 0.15) is 37.0 Å². The maximum Gasteiger partial charge on any atom is 0.414 e. The average Bonchev–Trinajstić information content (AvgIpc) is 2.89. The molecule has 0 bridgehead atoms. The summed E-state index contributed by atoms with van der Waals surface area (Å²) in [5.41, 5.74) is 2.38. The normalized spacial score (nSPS) is 17.6. The third-order valence-electron chi connectivity index (χ3n) is 6.32. The van der Waals surface area contributed by atoms with E-state index in [-0.39, 0.29) is 31.0 Å². The van der Waals surface area contributed by atoms with Gasteiger partial charge in [-0.1, -0.05) is 78.9 Å². The van der Waals surface area contributed by atoms with Crippen LogP contribution < -0.4 is 4.90 Å². The van der Waals surface area contributed by atoms with Crippen molar-refractivity contribution in [3.05, 3.63) is 102 Å². The number of ether oxygens (including phenoxy) is 1. The first-order valence-corrected chi connectivity index (χ1v) is 11.6. The minimum Gasteiger partial charge on any atom is -0.444 e.